The number of carbonyl (C=O) groups is 1. The van der Waals surface area contributed by atoms with Crippen molar-refractivity contribution in [1.29, 1.82) is 0 Å². The van der Waals surface area contributed by atoms with Crippen LogP contribution in [-0.2, 0) is 10.5 Å². The first-order valence-electron chi connectivity index (χ1n) is 10.5. The Hall–Kier alpha value is -3.04. The van der Waals surface area contributed by atoms with Gasteiger partial charge in [0, 0.05) is 49.8 Å². The van der Waals surface area contributed by atoms with Crippen molar-refractivity contribution >= 4 is 40.6 Å². The van der Waals surface area contributed by atoms with Crippen molar-refractivity contribution in [3.05, 3.63) is 75.1 Å². The fourth-order valence-electron chi connectivity index (χ4n) is 3.64. The van der Waals surface area contributed by atoms with Crippen LogP contribution in [0.1, 0.15) is 11.5 Å². The standard InChI is InChI=1S/C23H23ClN4O4S/c1-16-21(25-23(32-16)19-4-2-3-5-20(19)24)14-33-15-22(29)27-12-10-26(11-13-27)17-6-8-18(9-7-17)28(30)31/h2-9H,10-15H2,1H3. The van der Waals surface area contributed by atoms with Crippen LogP contribution in [-0.4, -0.2) is 52.6 Å². The molecule has 8 nitrogen and oxygen atoms in total. The van der Waals surface area contributed by atoms with E-state index in [0.29, 0.717) is 48.6 Å². The van der Waals surface area contributed by atoms with Crippen molar-refractivity contribution < 1.29 is 14.1 Å². The van der Waals surface area contributed by atoms with Crippen LogP contribution in [0.5, 0.6) is 0 Å². The van der Waals surface area contributed by atoms with Crippen LogP contribution >= 0.6 is 23.4 Å². The number of anilines is 1. The molecule has 2 heterocycles. The van der Waals surface area contributed by atoms with E-state index < -0.39 is 4.92 Å². The summed E-state index contributed by atoms with van der Waals surface area (Å²) >= 11 is 7.75. The number of oxazole rings is 1. The molecule has 0 radical (unpaired) electrons. The van der Waals surface area contributed by atoms with Crippen molar-refractivity contribution in [2.24, 2.45) is 0 Å². The molecule has 1 aliphatic heterocycles. The normalized spacial score (nSPS) is 13.9. The molecule has 1 aromatic heterocycles. The molecule has 10 heteroatoms. The molecule has 1 aliphatic rings. The zero-order chi connectivity index (χ0) is 23.4. The first-order valence-corrected chi connectivity index (χ1v) is 12.0. The van der Waals surface area contributed by atoms with Crippen LogP contribution in [0, 0.1) is 17.0 Å². The Morgan fingerprint density at radius 3 is 2.52 bits per heavy atom. The van der Waals surface area contributed by atoms with Gasteiger partial charge in [0.25, 0.3) is 5.69 Å². The van der Waals surface area contributed by atoms with Gasteiger partial charge in [-0.3, -0.25) is 14.9 Å². The Labute approximate surface area is 200 Å². The molecule has 4 rings (SSSR count). The number of nitro benzene ring substituents is 1. The lowest BCUT2D eigenvalue weighted by Crippen LogP contribution is -2.49. The van der Waals surface area contributed by atoms with Crippen molar-refractivity contribution in [2.45, 2.75) is 12.7 Å². The summed E-state index contributed by atoms with van der Waals surface area (Å²) in [7, 11) is 0. The Morgan fingerprint density at radius 2 is 1.85 bits per heavy atom. The highest BCUT2D eigenvalue weighted by Crippen LogP contribution is 2.29. The average Bonchev–Trinajstić information content (AvgIpc) is 3.19. The van der Waals surface area contributed by atoms with Crippen molar-refractivity contribution in [3.63, 3.8) is 0 Å². The molecule has 0 spiro atoms. The van der Waals surface area contributed by atoms with Crippen LogP contribution in [0.2, 0.25) is 5.02 Å². The van der Waals surface area contributed by atoms with E-state index in [-0.39, 0.29) is 11.6 Å². The summed E-state index contributed by atoms with van der Waals surface area (Å²) in [5.41, 5.74) is 2.56. The lowest BCUT2D eigenvalue weighted by Gasteiger charge is -2.36. The van der Waals surface area contributed by atoms with Crippen LogP contribution in [0.25, 0.3) is 11.5 Å². The van der Waals surface area contributed by atoms with Gasteiger partial charge >= 0.3 is 0 Å². The SMILES string of the molecule is Cc1oc(-c2ccccc2Cl)nc1CSCC(=O)N1CCN(c2ccc([N+](=O)[O-])cc2)CC1. The summed E-state index contributed by atoms with van der Waals surface area (Å²) in [4.78, 5) is 31.6. The van der Waals surface area contributed by atoms with Gasteiger partial charge in [-0.25, -0.2) is 4.98 Å². The zero-order valence-electron chi connectivity index (χ0n) is 18.1. The number of nitrogens with zero attached hydrogens (tertiary/aromatic N) is 4. The molecule has 0 N–H and O–H groups in total. The predicted octanol–water partition coefficient (Wildman–Crippen LogP) is 4.79. The van der Waals surface area contributed by atoms with Gasteiger partial charge in [0.2, 0.25) is 11.8 Å². The molecule has 1 fully saturated rings. The third-order valence-corrected chi connectivity index (χ3v) is 6.78. The van der Waals surface area contributed by atoms with E-state index in [0.717, 1.165) is 22.7 Å². The molecule has 172 valence electrons. The van der Waals surface area contributed by atoms with Crippen molar-refractivity contribution in [1.82, 2.24) is 9.88 Å². The number of nitro groups is 1. The minimum absolute atomic E-state index is 0.0749. The molecule has 2 aromatic carbocycles. The van der Waals surface area contributed by atoms with Gasteiger partial charge in [-0.2, -0.15) is 0 Å². The largest absolute Gasteiger partial charge is 0.441 e. The lowest BCUT2D eigenvalue weighted by atomic mass is 10.2. The van der Waals surface area contributed by atoms with Gasteiger partial charge < -0.3 is 14.2 Å². The number of benzene rings is 2. The highest BCUT2D eigenvalue weighted by atomic mass is 35.5. The molecule has 0 aliphatic carbocycles. The minimum atomic E-state index is -0.407. The molecule has 0 atom stereocenters. The second kappa shape index (κ2) is 10.3. The second-order valence-electron chi connectivity index (χ2n) is 7.64. The number of hydrogen-bond acceptors (Lipinski definition) is 7. The Kier molecular flexibility index (Phi) is 7.20. The predicted molar refractivity (Wildman–Crippen MR) is 130 cm³/mol. The molecular weight excluding hydrogens is 464 g/mol. The van der Waals surface area contributed by atoms with Gasteiger partial charge in [-0.05, 0) is 31.2 Å². The number of amides is 1. The Morgan fingerprint density at radius 1 is 1.15 bits per heavy atom. The number of rotatable bonds is 7. The lowest BCUT2D eigenvalue weighted by molar-refractivity contribution is -0.384. The van der Waals surface area contributed by atoms with Gasteiger partial charge in [0.05, 0.1) is 27.0 Å². The molecule has 0 saturated carbocycles. The van der Waals surface area contributed by atoms with Gasteiger partial charge in [0.15, 0.2) is 0 Å². The van der Waals surface area contributed by atoms with Crippen LogP contribution in [0.4, 0.5) is 11.4 Å². The van der Waals surface area contributed by atoms with Crippen LogP contribution in [0.15, 0.2) is 52.9 Å². The highest BCUT2D eigenvalue weighted by molar-refractivity contribution is 7.99. The monoisotopic (exact) mass is 486 g/mol. The van der Waals surface area contributed by atoms with Crippen molar-refractivity contribution in [3.8, 4) is 11.5 Å². The summed E-state index contributed by atoms with van der Waals surface area (Å²) in [6.07, 6.45) is 0. The fraction of sp³-hybridized carbons (Fsp3) is 0.304. The number of aromatic nitrogens is 1. The topological polar surface area (TPSA) is 92.7 Å². The molecule has 1 saturated heterocycles. The van der Waals surface area contributed by atoms with E-state index in [1.54, 1.807) is 18.2 Å². The molecule has 3 aromatic rings. The number of non-ortho nitro benzene ring substituents is 1. The van der Waals surface area contributed by atoms with E-state index in [4.69, 9.17) is 16.0 Å². The molecule has 0 bridgehead atoms. The van der Waals surface area contributed by atoms with E-state index in [2.05, 4.69) is 9.88 Å². The average molecular weight is 487 g/mol. The minimum Gasteiger partial charge on any atom is -0.441 e. The number of halogens is 1. The van der Waals surface area contributed by atoms with E-state index in [1.165, 1.54) is 23.9 Å². The molecular formula is C23H23ClN4O4S. The van der Waals surface area contributed by atoms with E-state index >= 15 is 0 Å². The van der Waals surface area contributed by atoms with E-state index in [1.807, 2.05) is 30.0 Å². The van der Waals surface area contributed by atoms with E-state index in [9.17, 15) is 14.9 Å². The summed E-state index contributed by atoms with van der Waals surface area (Å²) in [6, 6.07) is 13.9. The van der Waals surface area contributed by atoms with Crippen LogP contribution < -0.4 is 4.90 Å². The number of thioether (sulfide) groups is 1. The quantitative estimate of drug-likeness (QED) is 0.350. The number of aryl methyl sites for hydroxylation is 1. The highest BCUT2D eigenvalue weighted by Gasteiger charge is 2.22. The number of hydrogen-bond donors (Lipinski definition) is 0. The van der Waals surface area contributed by atoms with Gasteiger partial charge in [0.1, 0.15) is 5.76 Å². The third kappa shape index (κ3) is 5.48. The van der Waals surface area contributed by atoms with Crippen molar-refractivity contribution in [2.75, 3.05) is 36.8 Å². The van der Waals surface area contributed by atoms with Gasteiger partial charge in [-0.1, -0.05) is 23.7 Å². The number of carbonyl (C=O) groups excluding carboxylic acids is 1. The smallest absolute Gasteiger partial charge is 0.269 e. The maximum Gasteiger partial charge on any atom is 0.269 e. The summed E-state index contributed by atoms with van der Waals surface area (Å²) in [5, 5.41) is 11.4. The Bertz CT molecular complexity index is 1140. The Balaban J connectivity index is 1.26. The first kappa shape index (κ1) is 23.1. The second-order valence-corrected chi connectivity index (χ2v) is 9.03. The van der Waals surface area contributed by atoms with Gasteiger partial charge in [-0.15, -0.1) is 11.8 Å². The molecule has 33 heavy (non-hydrogen) atoms. The third-order valence-electron chi connectivity index (χ3n) is 5.52. The maximum absolute atomic E-state index is 12.7. The number of piperazine rings is 1. The summed E-state index contributed by atoms with van der Waals surface area (Å²) in [6.45, 7) is 4.49. The fourth-order valence-corrected chi connectivity index (χ4v) is 4.77. The van der Waals surface area contributed by atoms with Crippen LogP contribution in [0.3, 0.4) is 0 Å². The summed E-state index contributed by atoms with van der Waals surface area (Å²) < 4.78 is 5.78. The maximum atomic E-state index is 12.7. The zero-order valence-corrected chi connectivity index (χ0v) is 19.6. The first-order chi connectivity index (χ1) is 15.9. The summed E-state index contributed by atoms with van der Waals surface area (Å²) in [5.74, 6) is 2.25. The molecule has 1 amide bonds. The molecule has 0 unspecified atom stereocenters.